The SMILES string of the molecule is O=C1CC(=O)NC(=S)N1.O=c1cc(O)nc(SCc2ccccc2)[nH]1. The highest BCUT2D eigenvalue weighted by Gasteiger charge is 2.17. The topological polar surface area (TPSA) is 124 Å². The standard InChI is InChI=1S/C11H10N2O2S.C4H4N2O2S/c14-9-6-10(15)13-11(12-9)16-7-8-4-2-1-3-5-8;7-2-1-3(8)6-4(9)5-2/h1-6H,7H2,(H2,12,13,14,15);1H2,(H2,5,6,7,8,9). The molecule has 0 atom stereocenters. The van der Waals surface area contributed by atoms with E-state index < -0.39 is 0 Å². The molecule has 2 heterocycles. The molecule has 0 bridgehead atoms. The quantitative estimate of drug-likeness (QED) is 0.268. The van der Waals surface area contributed by atoms with Crippen molar-refractivity contribution in [2.24, 2.45) is 0 Å². The lowest BCUT2D eigenvalue weighted by molar-refractivity contribution is -0.129. The number of benzene rings is 1. The van der Waals surface area contributed by atoms with Crippen LogP contribution >= 0.6 is 24.0 Å². The normalized spacial score (nSPS) is 13.4. The van der Waals surface area contributed by atoms with E-state index in [9.17, 15) is 14.4 Å². The number of carbonyl (C=O) groups is 2. The number of rotatable bonds is 3. The largest absolute Gasteiger partial charge is 0.493 e. The van der Waals surface area contributed by atoms with Crippen molar-refractivity contribution in [1.82, 2.24) is 20.6 Å². The number of H-pyrrole nitrogens is 1. The molecule has 4 N–H and O–H groups in total. The number of thiocarbonyl (C=S) groups is 1. The first-order valence-corrected chi connectivity index (χ1v) is 8.42. The Morgan fingerprint density at radius 2 is 1.76 bits per heavy atom. The molecule has 1 aliphatic rings. The molecule has 8 nitrogen and oxygen atoms in total. The second-order valence-electron chi connectivity index (χ2n) is 4.79. The Hall–Kier alpha value is -2.72. The van der Waals surface area contributed by atoms with Gasteiger partial charge >= 0.3 is 0 Å². The minimum atomic E-state index is -0.344. The third kappa shape index (κ3) is 6.73. The molecule has 0 aliphatic carbocycles. The molecule has 0 spiro atoms. The summed E-state index contributed by atoms with van der Waals surface area (Å²) in [5.41, 5.74) is 0.793. The van der Waals surface area contributed by atoms with Gasteiger partial charge in [-0.15, -0.1) is 0 Å². The van der Waals surface area contributed by atoms with Crippen LogP contribution in [0.4, 0.5) is 0 Å². The molecule has 1 saturated heterocycles. The molecule has 130 valence electrons. The zero-order valence-electron chi connectivity index (χ0n) is 12.8. The molecule has 10 heteroatoms. The minimum absolute atomic E-state index is 0.0938. The highest BCUT2D eigenvalue weighted by molar-refractivity contribution is 7.98. The molecule has 2 amide bonds. The van der Waals surface area contributed by atoms with Crippen LogP contribution in [-0.2, 0) is 15.3 Å². The van der Waals surface area contributed by atoms with E-state index in [4.69, 9.17) is 5.11 Å². The molecule has 25 heavy (non-hydrogen) atoms. The van der Waals surface area contributed by atoms with Crippen molar-refractivity contribution in [3.8, 4) is 5.88 Å². The van der Waals surface area contributed by atoms with E-state index in [1.807, 2.05) is 30.3 Å². The van der Waals surface area contributed by atoms with Gasteiger partial charge in [-0.3, -0.25) is 14.4 Å². The second kappa shape index (κ2) is 8.94. The summed E-state index contributed by atoms with van der Waals surface area (Å²) in [5, 5.41) is 14.2. The number of aromatic hydroxyl groups is 1. The number of hydrogen-bond acceptors (Lipinski definition) is 7. The average molecular weight is 378 g/mol. The van der Waals surface area contributed by atoms with E-state index in [-0.39, 0.29) is 34.8 Å². The maximum absolute atomic E-state index is 11.1. The number of hydrogen-bond donors (Lipinski definition) is 4. The lowest BCUT2D eigenvalue weighted by atomic mass is 10.2. The van der Waals surface area contributed by atoms with Crippen molar-refractivity contribution in [2.75, 3.05) is 0 Å². The Labute approximate surface area is 152 Å². The fraction of sp³-hybridized carbons (Fsp3) is 0.133. The van der Waals surface area contributed by atoms with Crippen LogP contribution in [0.3, 0.4) is 0 Å². The van der Waals surface area contributed by atoms with Gasteiger partial charge in [0.2, 0.25) is 17.7 Å². The van der Waals surface area contributed by atoms with Crippen molar-refractivity contribution >= 4 is 40.9 Å². The highest BCUT2D eigenvalue weighted by Crippen LogP contribution is 2.18. The van der Waals surface area contributed by atoms with Gasteiger partial charge in [-0.25, -0.2) is 0 Å². The summed E-state index contributed by atoms with van der Waals surface area (Å²) in [7, 11) is 0. The van der Waals surface area contributed by atoms with Crippen LogP contribution in [0.5, 0.6) is 5.88 Å². The number of carbonyl (C=O) groups excluding carboxylic acids is 2. The van der Waals surface area contributed by atoms with Crippen molar-refractivity contribution < 1.29 is 14.7 Å². The predicted molar refractivity (Wildman–Crippen MR) is 96.0 cm³/mol. The zero-order chi connectivity index (χ0) is 18.2. The van der Waals surface area contributed by atoms with Crippen molar-refractivity contribution in [2.45, 2.75) is 17.3 Å². The van der Waals surface area contributed by atoms with Crippen LogP contribution < -0.4 is 16.2 Å². The number of amides is 2. The van der Waals surface area contributed by atoms with Crippen molar-refractivity contribution in [3.05, 3.63) is 52.3 Å². The fourth-order valence-corrected chi connectivity index (χ4v) is 2.79. The summed E-state index contributed by atoms with van der Waals surface area (Å²) in [6.45, 7) is 0. The van der Waals surface area contributed by atoms with Crippen molar-refractivity contribution in [3.63, 3.8) is 0 Å². The lowest BCUT2D eigenvalue weighted by Crippen LogP contribution is -2.49. The number of aromatic amines is 1. The molecule has 0 saturated carbocycles. The summed E-state index contributed by atoms with van der Waals surface area (Å²) < 4.78 is 0. The summed E-state index contributed by atoms with van der Waals surface area (Å²) in [5.74, 6) is -0.237. The van der Waals surface area contributed by atoms with E-state index in [1.54, 1.807) is 0 Å². The third-order valence-corrected chi connectivity index (χ3v) is 3.90. The van der Waals surface area contributed by atoms with Crippen LogP contribution in [0.1, 0.15) is 12.0 Å². The van der Waals surface area contributed by atoms with E-state index >= 15 is 0 Å². The Balaban J connectivity index is 0.000000212. The van der Waals surface area contributed by atoms with Crippen LogP contribution in [0, 0.1) is 0 Å². The number of thioether (sulfide) groups is 1. The van der Waals surface area contributed by atoms with Gasteiger partial charge in [0.1, 0.15) is 6.42 Å². The van der Waals surface area contributed by atoms with Gasteiger partial charge < -0.3 is 20.7 Å². The number of aromatic nitrogens is 2. The number of nitrogens with zero attached hydrogens (tertiary/aromatic N) is 1. The Morgan fingerprint density at radius 1 is 1.12 bits per heavy atom. The van der Waals surface area contributed by atoms with Gasteiger partial charge in [-0.1, -0.05) is 42.1 Å². The van der Waals surface area contributed by atoms with Crippen molar-refractivity contribution in [1.29, 1.82) is 0 Å². The monoisotopic (exact) mass is 378 g/mol. The maximum atomic E-state index is 11.1. The fourth-order valence-electron chi connectivity index (χ4n) is 1.74. The average Bonchev–Trinajstić information content (AvgIpc) is 2.52. The first kappa shape index (κ1) is 18.6. The van der Waals surface area contributed by atoms with Gasteiger partial charge in [-0.2, -0.15) is 4.98 Å². The molecule has 2 aromatic rings. The van der Waals surface area contributed by atoms with Gasteiger partial charge in [0.25, 0.3) is 5.56 Å². The molecular weight excluding hydrogens is 364 g/mol. The molecule has 1 aliphatic heterocycles. The van der Waals surface area contributed by atoms with Crippen LogP contribution in [0.2, 0.25) is 0 Å². The number of nitrogens with one attached hydrogen (secondary N) is 3. The van der Waals surface area contributed by atoms with Gasteiger partial charge in [0.05, 0.1) is 6.07 Å². The minimum Gasteiger partial charge on any atom is -0.493 e. The predicted octanol–water partition coefficient (Wildman–Crippen LogP) is 0.675. The van der Waals surface area contributed by atoms with Crippen LogP contribution in [0.15, 0.2) is 46.3 Å². The molecular formula is C15H14N4O4S2. The molecule has 1 fully saturated rings. The summed E-state index contributed by atoms with van der Waals surface area (Å²) >= 11 is 5.87. The molecule has 0 radical (unpaired) electrons. The Kier molecular flexibility index (Phi) is 6.66. The first-order valence-electron chi connectivity index (χ1n) is 7.03. The second-order valence-corrected chi connectivity index (χ2v) is 6.16. The van der Waals surface area contributed by atoms with E-state index in [0.29, 0.717) is 10.9 Å². The maximum Gasteiger partial charge on any atom is 0.255 e. The van der Waals surface area contributed by atoms with Gasteiger partial charge in [-0.05, 0) is 17.8 Å². The van der Waals surface area contributed by atoms with Gasteiger partial charge in [0, 0.05) is 5.75 Å². The van der Waals surface area contributed by atoms with E-state index in [0.717, 1.165) is 11.6 Å². The smallest absolute Gasteiger partial charge is 0.255 e. The van der Waals surface area contributed by atoms with Crippen LogP contribution in [-0.4, -0.2) is 32.0 Å². The van der Waals surface area contributed by atoms with Gasteiger partial charge in [0.15, 0.2) is 10.3 Å². The van der Waals surface area contributed by atoms with E-state index in [2.05, 4.69) is 32.8 Å². The third-order valence-electron chi connectivity index (χ3n) is 2.75. The van der Waals surface area contributed by atoms with E-state index in [1.165, 1.54) is 11.8 Å². The summed E-state index contributed by atoms with van der Waals surface area (Å²) in [4.78, 5) is 38.3. The lowest BCUT2D eigenvalue weighted by Gasteiger charge is -2.12. The molecule has 1 aromatic carbocycles. The highest BCUT2D eigenvalue weighted by atomic mass is 32.2. The summed E-state index contributed by atoms with van der Waals surface area (Å²) in [6, 6.07) is 10.9. The van der Waals surface area contributed by atoms with Crippen LogP contribution in [0.25, 0.3) is 0 Å². The molecule has 1 aromatic heterocycles. The molecule has 3 rings (SSSR count). The Morgan fingerprint density at radius 3 is 2.32 bits per heavy atom. The first-order chi connectivity index (χ1) is 11.9. The summed E-state index contributed by atoms with van der Waals surface area (Å²) in [6.07, 6.45) is -0.125. The Bertz CT molecular complexity index is 794. The zero-order valence-corrected chi connectivity index (χ0v) is 14.4. The molecule has 0 unspecified atom stereocenters.